The van der Waals surface area contributed by atoms with Gasteiger partial charge in [0.15, 0.2) is 0 Å². The van der Waals surface area contributed by atoms with Gasteiger partial charge in [-0.25, -0.2) is 4.39 Å². The van der Waals surface area contributed by atoms with E-state index in [1.807, 2.05) is 26.1 Å². The van der Waals surface area contributed by atoms with Crippen LogP contribution in [0.4, 0.5) is 4.39 Å². The summed E-state index contributed by atoms with van der Waals surface area (Å²) in [6, 6.07) is 9.63. The molecule has 114 valence electrons. The quantitative estimate of drug-likeness (QED) is 0.813. The van der Waals surface area contributed by atoms with Gasteiger partial charge < -0.3 is 0 Å². The summed E-state index contributed by atoms with van der Waals surface area (Å²) < 4.78 is 14.0. The number of benzene rings is 1. The second-order valence-electron chi connectivity index (χ2n) is 6.25. The molecular formula is C18H25FN2. The standard InChI is InChI=1S/C18H25FN2/c1-4-14-9-10-15(12-20)18(11-14)21(3)13(2)16-7-5-6-8-17(16)19/h5-8,13-15,18H,4,9-11H2,1-3H3. The van der Waals surface area contributed by atoms with Crippen molar-refractivity contribution in [2.75, 3.05) is 7.05 Å². The molecule has 4 unspecified atom stereocenters. The summed E-state index contributed by atoms with van der Waals surface area (Å²) in [5.74, 6) is 0.593. The van der Waals surface area contributed by atoms with E-state index in [2.05, 4.69) is 17.9 Å². The van der Waals surface area contributed by atoms with Gasteiger partial charge in [0.05, 0.1) is 12.0 Å². The maximum Gasteiger partial charge on any atom is 0.127 e. The van der Waals surface area contributed by atoms with Crippen LogP contribution in [-0.4, -0.2) is 18.0 Å². The molecule has 0 spiro atoms. The smallest absolute Gasteiger partial charge is 0.127 e. The summed E-state index contributed by atoms with van der Waals surface area (Å²) in [6.07, 6.45) is 4.32. The fourth-order valence-electron chi connectivity index (χ4n) is 3.52. The summed E-state index contributed by atoms with van der Waals surface area (Å²) in [6.45, 7) is 4.25. The molecule has 1 aliphatic carbocycles. The minimum atomic E-state index is -0.159. The van der Waals surface area contributed by atoms with Gasteiger partial charge in [-0.15, -0.1) is 0 Å². The maximum atomic E-state index is 14.0. The first kappa shape index (κ1) is 16.0. The Hall–Kier alpha value is -1.40. The highest BCUT2D eigenvalue weighted by Crippen LogP contribution is 2.36. The Morgan fingerprint density at radius 2 is 2.10 bits per heavy atom. The van der Waals surface area contributed by atoms with Crippen LogP contribution in [0.25, 0.3) is 0 Å². The van der Waals surface area contributed by atoms with Crippen molar-refractivity contribution >= 4 is 0 Å². The molecule has 21 heavy (non-hydrogen) atoms. The van der Waals surface area contributed by atoms with Crippen molar-refractivity contribution in [3.8, 4) is 6.07 Å². The van der Waals surface area contributed by atoms with Crippen LogP contribution in [-0.2, 0) is 0 Å². The summed E-state index contributed by atoms with van der Waals surface area (Å²) >= 11 is 0. The van der Waals surface area contributed by atoms with Gasteiger partial charge in [0, 0.05) is 17.6 Å². The molecule has 0 N–H and O–H groups in total. The lowest BCUT2D eigenvalue weighted by Crippen LogP contribution is -2.43. The SMILES string of the molecule is CCC1CCC(C#N)C(N(C)C(C)c2ccccc2F)C1. The first-order chi connectivity index (χ1) is 10.1. The molecule has 0 bridgehead atoms. The molecule has 0 amide bonds. The number of hydrogen-bond donors (Lipinski definition) is 0. The highest BCUT2D eigenvalue weighted by atomic mass is 19.1. The zero-order valence-electron chi connectivity index (χ0n) is 13.2. The summed E-state index contributed by atoms with van der Waals surface area (Å²) in [7, 11) is 2.03. The van der Waals surface area contributed by atoms with Crippen molar-refractivity contribution < 1.29 is 4.39 Å². The van der Waals surface area contributed by atoms with Crippen LogP contribution < -0.4 is 0 Å². The largest absolute Gasteiger partial charge is 0.295 e. The van der Waals surface area contributed by atoms with E-state index in [-0.39, 0.29) is 23.8 Å². The molecule has 1 aromatic rings. The van der Waals surface area contributed by atoms with E-state index >= 15 is 0 Å². The molecule has 0 radical (unpaired) electrons. The lowest BCUT2D eigenvalue weighted by molar-refractivity contribution is 0.0907. The first-order valence-electron chi connectivity index (χ1n) is 7.94. The van der Waals surface area contributed by atoms with Crippen LogP contribution in [0.5, 0.6) is 0 Å². The molecule has 0 aliphatic heterocycles. The number of hydrogen-bond acceptors (Lipinski definition) is 2. The Bertz CT molecular complexity index is 508. The van der Waals surface area contributed by atoms with E-state index in [0.29, 0.717) is 5.92 Å². The maximum absolute atomic E-state index is 14.0. The normalized spacial score (nSPS) is 27.3. The summed E-state index contributed by atoms with van der Waals surface area (Å²) in [5.41, 5.74) is 0.718. The zero-order valence-corrected chi connectivity index (χ0v) is 13.2. The third-order valence-corrected chi connectivity index (χ3v) is 5.16. The van der Waals surface area contributed by atoms with E-state index in [1.165, 1.54) is 6.07 Å². The Morgan fingerprint density at radius 3 is 2.71 bits per heavy atom. The van der Waals surface area contributed by atoms with Crippen LogP contribution >= 0.6 is 0 Å². The van der Waals surface area contributed by atoms with Crippen molar-refractivity contribution in [3.05, 3.63) is 35.6 Å². The number of halogens is 1. The van der Waals surface area contributed by atoms with Crippen molar-refractivity contribution in [1.82, 2.24) is 4.90 Å². The summed E-state index contributed by atoms with van der Waals surface area (Å²) in [4.78, 5) is 2.20. The zero-order chi connectivity index (χ0) is 15.4. The van der Waals surface area contributed by atoms with E-state index < -0.39 is 0 Å². The third-order valence-electron chi connectivity index (χ3n) is 5.16. The molecule has 1 aliphatic rings. The third kappa shape index (κ3) is 3.44. The molecular weight excluding hydrogens is 263 g/mol. The minimum Gasteiger partial charge on any atom is -0.295 e. The molecule has 2 rings (SSSR count). The van der Waals surface area contributed by atoms with E-state index in [4.69, 9.17) is 0 Å². The summed E-state index contributed by atoms with van der Waals surface area (Å²) in [5, 5.41) is 9.43. The van der Waals surface area contributed by atoms with Gasteiger partial charge in [-0.2, -0.15) is 5.26 Å². The lowest BCUT2D eigenvalue weighted by Gasteiger charge is -2.41. The van der Waals surface area contributed by atoms with Crippen LogP contribution in [0, 0.1) is 29.0 Å². The fourth-order valence-corrected chi connectivity index (χ4v) is 3.52. The van der Waals surface area contributed by atoms with E-state index in [1.54, 1.807) is 6.07 Å². The van der Waals surface area contributed by atoms with Gasteiger partial charge in [-0.3, -0.25) is 4.90 Å². The highest BCUT2D eigenvalue weighted by molar-refractivity contribution is 5.21. The predicted octanol–water partition coefficient (Wildman–Crippen LogP) is 4.54. The number of nitriles is 1. The second kappa shape index (κ2) is 7.04. The van der Waals surface area contributed by atoms with Gasteiger partial charge in [0.25, 0.3) is 0 Å². The van der Waals surface area contributed by atoms with Crippen molar-refractivity contribution in [1.29, 1.82) is 5.26 Å². The molecule has 0 aromatic heterocycles. The van der Waals surface area contributed by atoms with Gasteiger partial charge >= 0.3 is 0 Å². The highest BCUT2D eigenvalue weighted by Gasteiger charge is 2.34. The predicted molar refractivity (Wildman–Crippen MR) is 83.1 cm³/mol. The van der Waals surface area contributed by atoms with Gasteiger partial charge in [0.1, 0.15) is 5.82 Å². The lowest BCUT2D eigenvalue weighted by atomic mass is 9.76. The number of nitrogens with zero attached hydrogens (tertiary/aromatic N) is 2. The molecule has 0 heterocycles. The monoisotopic (exact) mass is 288 g/mol. The minimum absolute atomic E-state index is 0.0114. The average molecular weight is 288 g/mol. The van der Waals surface area contributed by atoms with Crippen LogP contribution in [0.2, 0.25) is 0 Å². The molecule has 1 saturated carbocycles. The average Bonchev–Trinajstić information content (AvgIpc) is 2.53. The van der Waals surface area contributed by atoms with Gasteiger partial charge in [-0.05, 0) is 45.2 Å². The van der Waals surface area contributed by atoms with E-state index in [9.17, 15) is 9.65 Å². The fraction of sp³-hybridized carbons (Fsp3) is 0.611. The number of rotatable bonds is 4. The van der Waals surface area contributed by atoms with Crippen molar-refractivity contribution in [2.45, 2.75) is 51.6 Å². The molecule has 3 heteroatoms. The molecule has 0 saturated heterocycles. The molecule has 1 fully saturated rings. The van der Waals surface area contributed by atoms with Crippen molar-refractivity contribution in [3.63, 3.8) is 0 Å². The van der Waals surface area contributed by atoms with E-state index in [0.717, 1.165) is 31.2 Å². The van der Waals surface area contributed by atoms with Gasteiger partial charge in [-0.1, -0.05) is 31.5 Å². The Balaban J connectivity index is 2.18. The Morgan fingerprint density at radius 1 is 1.38 bits per heavy atom. The van der Waals surface area contributed by atoms with Crippen LogP contribution in [0.15, 0.2) is 24.3 Å². The Labute approximate surface area is 127 Å². The first-order valence-corrected chi connectivity index (χ1v) is 7.94. The van der Waals surface area contributed by atoms with Crippen LogP contribution in [0.1, 0.15) is 51.1 Å². The van der Waals surface area contributed by atoms with Gasteiger partial charge in [0.2, 0.25) is 0 Å². The van der Waals surface area contributed by atoms with Crippen LogP contribution in [0.3, 0.4) is 0 Å². The molecule has 4 atom stereocenters. The molecule has 1 aromatic carbocycles. The Kier molecular flexibility index (Phi) is 5.36. The topological polar surface area (TPSA) is 27.0 Å². The molecule has 2 nitrogen and oxygen atoms in total. The second-order valence-corrected chi connectivity index (χ2v) is 6.25. The van der Waals surface area contributed by atoms with Crippen molar-refractivity contribution in [2.24, 2.45) is 11.8 Å².